The van der Waals surface area contributed by atoms with Gasteiger partial charge in [0.25, 0.3) is 5.56 Å². The first-order chi connectivity index (χ1) is 12.9. The number of aromatic nitrogens is 3. The summed E-state index contributed by atoms with van der Waals surface area (Å²) in [5.74, 6) is -0.938. The number of fused-ring (bicyclic) bond motifs is 1. The van der Waals surface area contributed by atoms with Crippen LogP contribution in [-0.2, 0) is 13.5 Å². The van der Waals surface area contributed by atoms with Gasteiger partial charge < -0.3 is 11.1 Å². The molecule has 3 rings (SSSR count). The Hall–Kier alpha value is -2.87. The van der Waals surface area contributed by atoms with Gasteiger partial charge in [0.05, 0.1) is 0 Å². The molecule has 6 nitrogen and oxygen atoms in total. The van der Waals surface area contributed by atoms with Gasteiger partial charge in [0.15, 0.2) is 0 Å². The summed E-state index contributed by atoms with van der Waals surface area (Å²) in [6.45, 7) is 2.45. The van der Waals surface area contributed by atoms with Crippen LogP contribution in [0.15, 0.2) is 35.3 Å². The van der Waals surface area contributed by atoms with E-state index in [9.17, 15) is 13.6 Å². The predicted octanol–water partition coefficient (Wildman–Crippen LogP) is 2.35. The number of aryl methyl sites for hydroxylation is 1. The van der Waals surface area contributed by atoms with Gasteiger partial charge in [-0.2, -0.15) is 4.98 Å². The summed E-state index contributed by atoms with van der Waals surface area (Å²) in [5.41, 5.74) is 6.49. The van der Waals surface area contributed by atoms with E-state index in [0.29, 0.717) is 29.1 Å². The van der Waals surface area contributed by atoms with Crippen LogP contribution in [0.25, 0.3) is 11.0 Å². The Morgan fingerprint density at radius 3 is 2.70 bits per heavy atom. The van der Waals surface area contributed by atoms with Gasteiger partial charge in [-0.05, 0) is 24.1 Å². The summed E-state index contributed by atoms with van der Waals surface area (Å²) in [6.07, 6.45) is 2.48. The Morgan fingerprint density at radius 2 is 2.04 bits per heavy atom. The minimum absolute atomic E-state index is 0.0419. The van der Waals surface area contributed by atoms with E-state index >= 15 is 0 Å². The second-order valence-corrected chi connectivity index (χ2v) is 6.40. The van der Waals surface area contributed by atoms with Crippen molar-refractivity contribution < 1.29 is 8.78 Å². The summed E-state index contributed by atoms with van der Waals surface area (Å²) in [4.78, 5) is 21.4. The van der Waals surface area contributed by atoms with Gasteiger partial charge in [0, 0.05) is 49.3 Å². The number of hydrogen-bond donors (Lipinski definition) is 2. The molecular weight excluding hydrogens is 352 g/mol. The molecule has 1 unspecified atom stereocenters. The highest BCUT2D eigenvalue weighted by atomic mass is 19.1. The normalized spacial score (nSPS) is 12.3. The number of pyridine rings is 1. The van der Waals surface area contributed by atoms with Gasteiger partial charge in [0.2, 0.25) is 5.95 Å². The van der Waals surface area contributed by atoms with Crippen LogP contribution in [0, 0.1) is 11.6 Å². The highest BCUT2D eigenvalue weighted by molar-refractivity contribution is 5.76. The van der Waals surface area contributed by atoms with E-state index in [1.54, 1.807) is 19.3 Å². The fourth-order valence-electron chi connectivity index (χ4n) is 2.89. The van der Waals surface area contributed by atoms with E-state index in [-0.39, 0.29) is 23.6 Å². The molecule has 0 aliphatic rings. The first-order valence-corrected chi connectivity index (χ1v) is 8.69. The van der Waals surface area contributed by atoms with Gasteiger partial charge in [0.1, 0.15) is 17.3 Å². The zero-order chi connectivity index (χ0) is 19.6. The molecule has 1 aromatic carbocycles. The fraction of sp³-hybridized carbons (Fsp3) is 0.316. The van der Waals surface area contributed by atoms with Crippen molar-refractivity contribution in [3.05, 3.63) is 63.6 Å². The Morgan fingerprint density at radius 1 is 1.26 bits per heavy atom. The van der Waals surface area contributed by atoms with Crippen LogP contribution in [0.2, 0.25) is 0 Å². The minimum Gasteiger partial charge on any atom is -0.350 e. The van der Waals surface area contributed by atoms with Crippen LogP contribution < -0.4 is 16.6 Å². The lowest BCUT2D eigenvalue weighted by molar-refractivity contribution is 0.574. The number of benzene rings is 1. The summed E-state index contributed by atoms with van der Waals surface area (Å²) >= 11 is 0. The van der Waals surface area contributed by atoms with Crippen LogP contribution in [0.5, 0.6) is 0 Å². The zero-order valence-electron chi connectivity index (χ0n) is 15.2. The minimum atomic E-state index is -0.680. The Balaban J connectivity index is 1.99. The molecule has 3 N–H and O–H groups in total. The summed E-state index contributed by atoms with van der Waals surface area (Å²) in [5, 5.41) is 3.79. The van der Waals surface area contributed by atoms with E-state index in [4.69, 9.17) is 5.73 Å². The SMILES string of the molecule is CCC(CN)Nc1ncc2cc(Cc3ccc(F)cc3F)c(=O)n(C)c2n1. The number of anilines is 1. The van der Waals surface area contributed by atoms with Crippen LogP contribution in [0.3, 0.4) is 0 Å². The third-order valence-corrected chi connectivity index (χ3v) is 4.53. The molecule has 0 aliphatic heterocycles. The van der Waals surface area contributed by atoms with Crippen molar-refractivity contribution in [2.45, 2.75) is 25.8 Å². The number of hydrogen-bond acceptors (Lipinski definition) is 5. The molecule has 0 bridgehead atoms. The second-order valence-electron chi connectivity index (χ2n) is 6.40. The second kappa shape index (κ2) is 7.79. The number of nitrogens with two attached hydrogens (primary N) is 1. The fourth-order valence-corrected chi connectivity index (χ4v) is 2.89. The highest BCUT2D eigenvalue weighted by Gasteiger charge is 2.13. The predicted molar refractivity (Wildman–Crippen MR) is 101 cm³/mol. The monoisotopic (exact) mass is 373 g/mol. The van der Waals surface area contributed by atoms with E-state index in [2.05, 4.69) is 15.3 Å². The van der Waals surface area contributed by atoms with E-state index in [1.807, 2.05) is 6.92 Å². The molecule has 1 atom stereocenters. The number of nitrogens with one attached hydrogen (secondary N) is 1. The van der Waals surface area contributed by atoms with Gasteiger partial charge in [-0.3, -0.25) is 9.36 Å². The standard InChI is InChI=1S/C19H21F2N5O/c1-3-15(9-22)24-19-23-10-13-7-12(18(27)26(2)17(13)25-19)6-11-4-5-14(20)8-16(11)21/h4-5,7-8,10,15H,3,6,9,22H2,1-2H3,(H,23,24,25). The summed E-state index contributed by atoms with van der Waals surface area (Å²) < 4.78 is 28.4. The van der Waals surface area contributed by atoms with Crippen molar-refractivity contribution >= 4 is 17.0 Å². The molecule has 0 spiro atoms. The summed E-state index contributed by atoms with van der Waals surface area (Å²) in [7, 11) is 1.60. The van der Waals surface area contributed by atoms with Gasteiger partial charge in [-0.1, -0.05) is 13.0 Å². The van der Waals surface area contributed by atoms with Crippen LogP contribution in [0.1, 0.15) is 24.5 Å². The lowest BCUT2D eigenvalue weighted by Crippen LogP contribution is -2.29. The Labute approximate surface area is 155 Å². The first-order valence-electron chi connectivity index (χ1n) is 8.69. The quantitative estimate of drug-likeness (QED) is 0.693. The van der Waals surface area contributed by atoms with E-state index < -0.39 is 11.6 Å². The van der Waals surface area contributed by atoms with Crippen molar-refractivity contribution in [3.63, 3.8) is 0 Å². The van der Waals surface area contributed by atoms with Crippen LogP contribution in [-0.4, -0.2) is 27.1 Å². The molecule has 0 saturated heterocycles. The first kappa shape index (κ1) is 18.9. The van der Waals surface area contributed by atoms with Crippen LogP contribution in [0.4, 0.5) is 14.7 Å². The maximum absolute atomic E-state index is 13.9. The van der Waals surface area contributed by atoms with E-state index in [0.717, 1.165) is 12.5 Å². The molecule has 0 fully saturated rings. The third kappa shape index (κ3) is 3.95. The molecule has 3 aromatic rings. The third-order valence-electron chi connectivity index (χ3n) is 4.53. The lowest BCUT2D eigenvalue weighted by atomic mass is 10.0. The van der Waals surface area contributed by atoms with Crippen molar-refractivity contribution in [2.75, 3.05) is 11.9 Å². The molecule has 8 heteroatoms. The molecule has 142 valence electrons. The number of nitrogens with zero attached hydrogens (tertiary/aromatic N) is 3. The van der Waals surface area contributed by atoms with Crippen molar-refractivity contribution in [1.29, 1.82) is 0 Å². The van der Waals surface area contributed by atoms with Crippen molar-refractivity contribution in [3.8, 4) is 0 Å². The molecule has 2 heterocycles. The van der Waals surface area contributed by atoms with Crippen LogP contribution >= 0.6 is 0 Å². The van der Waals surface area contributed by atoms with E-state index in [1.165, 1.54) is 16.7 Å². The van der Waals surface area contributed by atoms with Crippen molar-refractivity contribution in [2.24, 2.45) is 12.8 Å². The smallest absolute Gasteiger partial charge is 0.255 e. The number of rotatable bonds is 6. The Kier molecular flexibility index (Phi) is 5.46. The van der Waals surface area contributed by atoms with Gasteiger partial charge in [-0.15, -0.1) is 0 Å². The lowest BCUT2D eigenvalue weighted by Gasteiger charge is -2.15. The largest absolute Gasteiger partial charge is 0.350 e. The molecule has 0 radical (unpaired) electrons. The van der Waals surface area contributed by atoms with Gasteiger partial charge in [-0.25, -0.2) is 13.8 Å². The van der Waals surface area contributed by atoms with Gasteiger partial charge >= 0.3 is 0 Å². The molecule has 0 aliphatic carbocycles. The van der Waals surface area contributed by atoms with Crippen molar-refractivity contribution in [1.82, 2.24) is 14.5 Å². The Bertz CT molecular complexity index is 1030. The molecule has 27 heavy (non-hydrogen) atoms. The highest BCUT2D eigenvalue weighted by Crippen LogP contribution is 2.17. The molecule has 0 amide bonds. The molecular formula is C19H21F2N5O. The average Bonchev–Trinajstić information content (AvgIpc) is 2.66. The molecule has 2 aromatic heterocycles. The maximum Gasteiger partial charge on any atom is 0.255 e. The zero-order valence-corrected chi connectivity index (χ0v) is 15.2. The summed E-state index contributed by atoms with van der Waals surface area (Å²) in [6, 6.07) is 5.01. The number of halogens is 2. The molecule has 0 saturated carbocycles. The topological polar surface area (TPSA) is 85.8 Å². The maximum atomic E-state index is 13.9. The average molecular weight is 373 g/mol.